The number of anilines is 1. The van der Waals surface area contributed by atoms with Crippen LogP contribution in [0, 0.1) is 0 Å². The largest absolute Gasteiger partial charge is 0.491 e. The molecule has 4 nitrogen and oxygen atoms in total. The van der Waals surface area contributed by atoms with Crippen LogP contribution >= 0.6 is 0 Å². The Morgan fingerprint density at radius 2 is 2.00 bits per heavy atom. The van der Waals surface area contributed by atoms with E-state index >= 15 is 0 Å². The molecule has 0 bridgehead atoms. The van der Waals surface area contributed by atoms with Crippen LogP contribution in [0.25, 0.3) is 0 Å². The second-order valence-corrected chi connectivity index (χ2v) is 3.48. The maximum atomic E-state index is 10.9. The van der Waals surface area contributed by atoms with Crippen LogP contribution < -0.4 is 10.1 Å². The topological polar surface area (TPSA) is 47.6 Å². The van der Waals surface area contributed by atoms with Crippen LogP contribution in [0.5, 0.6) is 5.75 Å². The molecule has 16 heavy (non-hydrogen) atoms. The minimum Gasteiger partial charge on any atom is -0.491 e. The summed E-state index contributed by atoms with van der Waals surface area (Å²) in [6.07, 6.45) is 0.678. The monoisotopic (exact) mass is 223 g/mol. The standard InChI is InChI=1S/C12H17NO3/c1-4-9(2)16-11-7-5-10(6-8-11)13-12(14)15-3/h5-9H,4H2,1-3H3,(H,13,14). The van der Waals surface area contributed by atoms with E-state index in [0.717, 1.165) is 12.2 Å². The van der Waals surface area contributed by atoms with E-state index in [1.165, 1.54) is 7.11 Å². The maximum absolute atomic E-state index is 10.9. The number of benzene rings is 1. The molecule has 1 aromatic rings. The van der Waals surface area contributed by atoms with E-state index in [1.54, 1.807) is 12.1 Å². The number of methoxy groups -OCH3 is 1. The lowest BCUT2D eigenvalue weighted by Crippen LogP contribution is -2.11. The molecular weight excluding hydrogens is 206 g/mol. The van der Waals surface area contributed by atoms with Gasteiger partial charge >= 0.3 is 6.09 Å². The maximum Gasteiger partial charge on any atom is 0.411 e. The number of nitrogens with one attached hydrogen (secondary N) is 1. The fourth-order valence-corrected chi connectivity index (χ4v) is 1.10. The zero-order valence-corrected chi connectivity index (χ0v) is 9.82. The molecule has 1 N–H and O–H groups in total. The van der Waals surface area contributed by atoms with Gasteiger partial charge in [0.2, 0.25) is 0 Å². The number of hydrogen-bond acceptors (Lipinski definition) is 3. The minimum absolute atomic E-state index is 0.194. The molecule has 0 saturated carbocycles. The van der Waals surface area contributed by atoms with Gasteiger partial charge in [0.25, 0.3) is 0 Å². The fourth-order valence-electron chi connectivity index (χ4n) is 1.10. The van der Waals surface area contributed by atoms with E-state index in [9.17, 15) is 4.79 Å². The second kappa shape index (κ2) is 6.00. The number of carbonyl (C=O) groups is 1. The van der Waals surface area contributed by atoms with Crippen LogP contribution in [-0.2, 0) is 4.74 Å². The second-order valence-electron chi connectivity index (χ2n) is 3.48. The Morgan fingerprint density at radius 1 is 1.38 bits per heavy atom. The average Bonchev–Trinajstić information content (AvgIpc) is 2.31. The summed E-state index contributed by atoms with van der Waals surface area (Å²) < 4.78 is 10.1. The molecule has 4 heteroatoms. The van der Waals surface area contributed by atoms with Crippen LogP contribution in [0.3, 0.4) is 0 Å². The Morgan fingerprint density at radius 3 is 2.50 bits per heavy atom. The molecule has 1 atom stereocenters. The van der Waals surface area contributed by atoms with Gasteiger partial charge in [-0.3, -0.25) is 5.32 Å². The van der Waals surface area contributed by atoms with E-state index in [4.69, 9.17) is 4.74 Å². The summed E-state index contributed by atoms with van der Waals surface area (Å²) in [5, 5.41) is 2.57. The van der Waals surface area contributed by atoms with Crippen molar-refractivity contribution in [1.82, 2.24) is 0 Å². The molecule has 0 aliphatic rings. The highest BCUT2D eigenvalue weighted by Gasteiger charge is 2.02. The summed E-state index contributed by atoms with van der Waals surface area (Å²) in [4.78, 5) is 10.9. The summed E-state index contributed by atoms with van der Waals surface area (Å²) in [5.74, 6) is 0.796. The minimum atomic E-state index is -0.476. The fraction of sp³-hybridized carbons (Fsp3) is 0.417. The quantitative estimate of drug-likeness (QED) is 0.853. The summed E-state index contributed by atoms with van der Waals surface area (Å²) in [7, 11) is 1.33. The summed E-state index contributed by atoms with van der Waals surface area (Å²) >= 11 is 0. The van der Waals surface area contributed by atoms with Gasteiger partial charge in [-0.2, -0.15) is 0 Å². The molecule has 88 valence electrons. The number of hydrogen-bond donors (Lipinski definition) is 1. The van der Waals surface area contributed by atoms with Crippen LogP contribution in [-0.4, -0.2) is 19.3 Å². The van der Waals surface area contributed by atoms with Crippen LogP contribution in [0.2, 0.25) is 0 Å². The smallest absolute Gasteiger partial charge is 0.411 e. The van der Waals surface area contributed by atoms with Crippen molar-refractivity contribution in [2.45, 2.75) is 26.4 Å². The molecule has 0 aromatic heterocycles. The first-order valence-electron chi connectivity index (χ1n) is 5.27. The molecular formula is C12H17NO3. The third kappa shape index (κ3) is 3.81. The van der Waals surface area contributed by atoms with E-state index in [-0.39, 0.29) is 6.10 Å². The van der Waals surface area contributed by atoms with Crippen molar-refractivity contribution in [3.63, 3.8) is 0 Å². The van der Waals surface area contributed by atoms with Gasteiger partial charge in [0.1, 0.15) is 5.75 Å². The first-order chi connectivity index (χ1) is 7.65. The third-order valence-electron chi connectivity index (χ3n) is 2.20. The number of rotatable bonds is 4. The molecule has 1 aromatic carbocycles. The van der Waals surface area contributed by atoms with E-state index < -0.39 is 6.09 Å². The third-order valence-corrected chi connectivity index (χ3v) is 2.20. The van der Waals surface area contributed by atoms with E-state index in [1.807, 2.05) is 19.1 Å². The Labute approximate surface area is 95.6 Å². The number of ether oxygens (including phenoxy) is 2. The predicted octanol–water partition coefficient (Wildman–Crippen LogP) is 3.04. The van der Waals surface area contributed by atoms with Gasteiger partial charge in [-0.1, -0.05) is 6.92 Å². The Bertz CT molecular complexity index is 335. The van der Waals surface area contributed by atoms with Crippen LogP contribution in [0.1, 0.15) is 20.3 Å². The SMILES string of the molecule is CCC(C)Oc1ccc(NC(=O)OC)cc1. The highest BCUT2D eigenvalue weighted by Crippen LogP contribution is 2.17. The van der Waals surface area contributed by atoms with E-state index in [2.05, 4.69) is 17.0 Å². The molecule has 0 aliphatic heterocycles. The van der Waals surface area contributed by atoms with Crippen molar-refractivity contribution in [1.29, 1.82) is 0 Å². The lowest BCUT2D eigenvalue weighted by atomic mass is 10.3. The lowest BCUT2D eigenvalue weighted by Gasteiger charge is -2.12. The molecule has 0 fully saturated rings. The number of carbonyl (C=O) groups excluding carboxylic acids is 1. The normalized spacial score (nSPS) is 11.7. The molecule has 1 amide bonds. The molecule has 0 heterocycles. The van der Waals surface area contributed by atoms with Gasteiger partial charge in [-0.15, -0.1) is 0 Å². The van der Waals surface area contributed by atoms with Gasteiger partial charge in [0.15, 0.2) is 0 Å². The molecule has 0 aliphatic carbocycles. The van der Waals surface area contributed by atoms with E-state index in [0.29, 0.717) is 5.69 Å². The first-order valence-corrected chi connectivity index (χ1v) is 5.27. The summed E-state index contributed by atoms with van der Waals surface area (Å²) in [6, 6.07) is 7.18. The average molecular weight is 223 g/mol. The lowest BCUT2D eigenvalue weighted by molar-refractivity contribution is 0.187. The Kier molecular flexibility index (Phi) is 4.64. The van der Waals surface area contributed by atoms with Crippen molar-refractivity contribution >= 4 is 11.8 Å². The van der Waals surface area contributed by atoms with Gasteiger partial charge in [-0.25, -0.2) is 4.79 Å². The van der Waals surface area contributed by atoms with Gasteiger partial charge in [0.05, 0.1) is 13.2 Å². The van der Waals surface area contributed by atoms with Crippen molar-refractivity contribution in [2.24, 2.45) is 0 Å². The molecule has 0 radical (unpaired) electrons. The van der Waals surface area contributed by atoms with Gasteiger partial charge in [-0.05, 0) is 37.6 Å². The van der Waals surface area contributed by atoms with Crippen molar-refractivity contribution in [3.8, 4) is 5.75 Å². The molecule has 1 unspecified atom stereocenters. The molecule has 0 saturated heterocycles. The molecule has 0 spiro atoms. The van der Waals surface area contributed by atoms with Crippen molar-refractivity contribution in [2.75, 3.05) is 12.4 Å². The summed E-state index contributed by atoms with van der Waals surface area (Å²) in [6.45, 7) is 4.08. The zero-order valence-electron chi connectivity index (χ0n) is 9.82. The zero-order chi connectivity index (χ0) is 12.0. The predicted molar refractivity (Wildman–Crippen MR) is 62.9 cm³/mol. The highest BCUT2D eigenvalue weighted by molar-refractivity contribution is 5.84. The number of amides is 1. The molecule has 1 rings (SSSR count). The van der Waals surface area contributed by atoms with Crippen molar-refractivity contribution in [3.05, 3.63) is 24.3 Å². The van der Waals surface area contributed by atoms with Gasteiger partial charge in [0, 0.05) is 5.69 Å². The Balaban J connectivity index is 2.57. The first kappa shape index (κ1) is 12.4. The van der Waals surface area contributed by atoms with Crippen LogP contribution in [0.15, 0.2) is 24.3 Å². The Hall–Kier alpha value is -1.71. The van der Waals surface area contributed by atoms with Crippen LogP contribution in [0.4, 0.5) is 10.5 Å². The summed E-state index contributed by atoms with van der Waals surface area (Å²) in [5.41, 5.74) is 0.684. The van der Waals surface area contributed by atoms with Gasteiger partial charge < -0.3 is 9.47 Å². The van der Waals surface area contributed by atoms with Crippen molar-refractivity contribution < 1.29 is 14.3 Å². The highest BCUT2D eigenvalue weighted by atomic mass is 16.5.